The van der Waals surface area contributed by atoms with E-state index in [0.29, 0.717) is 17.9 Å². The summed E-state index contributed by atoms with van der Waals surface area (Å²) in [4.78, 5) is 6.91. The largest absolute Gasteiger partial charge is 0.367 e. The second-order valence-electron chi connectivity index (χ2n) is 6.49. The Labute approximate surface area is 122 Å². The van der Waals surface area contributed by atoms with Gasteiger partial charge in [-0.1, -0.05) is 20.4 Å². The van der Waals surface area contributed by atoms with Gasteiger partial charge >= 0.3 is 0 Å². The fraction of sp³-hybridized carbons (Fsp3) is 0.688. The number of aromatic nitrogens is 2. The van der Waals surface area contributed by atoms with Crippen molar-refractivity contribution in [3.05, 3.63) is 24.8 Å². The molecule has 1 saturated carbocycles. The molecule has 1 aliphatic carbocycles. The van der Waals surface area contributed by atoms with Gasteiger partial charge in [-0.3, -0.25) is 0 Å². The lowest BCUT2D eigenvalue weighted by Crippen LogP contribution is -2.35. The van der Waals surface area contributed by atoms with Gasteiger partial charge in [-0.15, -0.1) is 0 Å². The third-order valence-corrected chi connectivity index (χ3v) is 4.20. The summed E-state index contributed by atoms with van der Waals surface area (Å²) in [6, 6.07) is 0.570. The average molecular weight is 276 g/mol. The highest BCUT2D eigenvalue weighted by atomic mass is 15.2. The van der Waals surface area contributed by atoms with Crippen LogP contribution in [0.1, 0.15) is 38.8 Å². The second kappa shape index (κ2) is 6.44. The standard InChI is InChI=1S/C16H28N4/c1-12(2)9-20(15-6-5-14(7-15)8-17)13(3)16-10-19(4)11-18-16/h10-12,14-15H,3,5-9,17H2,1-2,4H3. The molecular weight excluding hydrogens is 248 g/mol. The molecule has 0 aliphatic heterocycles. The zero-order valence-corrected chi connectivity index (χ0v) is 13.0. The Kier molecular flexibility index (Phi) is 4.86. The van der Waals surface area contributed by atoms with E-state index in [1.807, 2.05) is 24.1 Å². The maximum Gasteiger partial charge on any atom is 0.104 e. The van der Waals surface area contributed by atoms with Gasteiger partial charge in [0.2, 0.25) is 0 Å². The monoisotopic (exact) mass is 276 g/mol. The maximum atomic E-state index is 5.83. The fourth-order valence-corrected chi connectivity index (χ4v) is 3.13. The Balaban J connectivity index is 2.13. The topological polar surface area (TPSA) is 47.1 Å². The first kappa shape index (κ1) is 15.1. The molecule has 4 heteroatoms. The summed E-state index contributed by atoms with van der Waals surface area (Å²) < 4.78 is 1.98. The highest BCUT2D eigenvalue weighted by molar-refractivity contribution is 5.58. The predicted molar refractivity (Wildman–Crippen MR) is 84.0 cm³/mol. The SMILES string of the molecule is C=C(c1cn(C)cn1)N(CC(C)C)C1CCC(CN)C1. The summed E-state index contributed by atoms with van der Waals surface area (Å²) in [5, 5.41) is 0. The summed E-state index contributed by atoms with van der Waals surface area (Å²) in [6.45, 7) is 10.7. The van der Waals surface area contributed by atoms with Gasteiger partial charge in [0.05, 0.1) is 12.0 Å². The van der Waals surface area contributed by atoms with Crippen LogP contribution in [0.25, 0.3) is 5.70 Å². The fourth-order valence-electron chi connectivity index (χ4n) is 3.13. The number of imidazole rings is 1. The minimum Gasteiger partial charge on any atom is -0.367 e. The third kappa shape index (κ3) is 3.42. The Morgan fingerprint density at radius 3 is 2.80 bits per heavy atom. The van der Waals surface area contributed by atoms with E-state index in [0.717, 1.165) is 24.5 Å². The molecule has 0 spiro atoms. The Hall–Kier alpha value is -1.29. The van der Waals surface area contributed by atoms with E-state index >= 15 is 0 Å². The van der Waals surface area contributed by atoms with E-state index in [1.165, 1.54) is 19.3 Å². The Morgan fingerprint density at radius 2 is 2.30 bits per heavy atom. The average Bonchev–Trinajstić information content (AvgIpc) is 3.03. The van der Waals surface area contributed by atoms with Gasteiger partial charge in [0.1, 0.15) is 5.69 Å². The summed E-state index contributed by atoms with van der Waals surface area (Å²) in [7, 11) is 2.00. The van der Waals surface area contributed by atoms with Gasteiger partial charge in [0.15, 0.2) is 0 Å². The molecule has 0 bridgehead atoms. The highest BCUT2D eigenvalue weighted by Gasteiger charge is 2.30. The summed E-state index contributed by atoms with van der Waals surface area (Å²) >= 11 is 0. The van der Waals surface area contributed by atoms with Crippen LogP contribution >= 0.6 is 0 Å². The molecule has 2 N–H and O–H groups in total. The molecule has 1 aliphatic rings. The molecule has 2 rings (SSSR count). The van der Waals surface area contributed by atoms with E-state index in [-0.39, 0.29) is 0 Å². The molecule has 1 fully saturated rings. The smallest absolute Gasteiger partial charge is 0.104 e. The molecule has 1 aromatic heterocycles. The molecule has 4 nitrogen and oxygen atoms in total. The molecule has 0 amide bonds. The Bertz CT molecular complexity index is 449. The molecule has 20 heavy (non-hydrogen) atoms. The quantitative estimate of drug-likeness (QED) is 0.868. The van der Waals surface area contributed by atoms with Crippen LogP contribution in [0, 0.1) is 11.8 Å². The summed E-state index contributed by atoms with van der Waals surface area (Å²) in [5.41, 5.74) is 7.88. The minimum atomic E-state index is 0.570. The van der Waals surface area contributed by atoms with E-state index in [9.17, 15) is 0 Å². The van der Waals surface area contributed by atoms with Crippen molar-refractivity contribution in [3.63, 3.8) is 0 Å². The molecule has 0 saturated heterocycles. The second-order valence-corrected chi connectivity index (χ2v) is 6.49. The van der Waals surface area contributed by atoms with Crippen molar-refractivity contribution in [2.24, 2.45) is 24.6 Å². The van der Waals surface area contributed by atoms with Crippen LogP contribution in [-0.4, -0.2) is 33.6 Å². The summed E-state index contributed by atoms with van der Waals surface area (Å²) in [6.07, 6.45) is 7.54. The van der Waals surface area contributed by atoms with Crippen LogP contribution in [0.5, 0.6) is 0 Å². The van der Waals surface area contributed by atoms with Crippen molar-refractivity contribution in [1.82, 2.24) is 14.5 Å². The van der Waals surface area contributed by atoms with E-state index in [1.54, 1.807) is 0 Å². The van der Waals surface area contributed by atoms with Crippen molar-refractivity contribution in [3.8, 4) is 0 Å². The normalized spacial score (nSPS) is 22.4. The minimum absolute atomic E-state index is 0.570. The summed E-state index contributed by atoms with van der Waals surface area (Å²) in [5.74, 6) is 1.29. The lowest BCUT2D eigenvalue weighted by Gasteiger charge is -2.33. The number of aryl methyl sites for hydroxylation is 1. The first-order valence-corrected chi connectivity index (χ1v) is 7.65. The van der Waals surface area contributed by atoms with Crippen molar-refractivity contribution in [2.75, 3.05) is 13.1 Å². The predicted octanol–water partition coefficient (Wildman–Crippen LogP) is 2.48. The molecule has 1 heterocycles. The van der Waals surface area contributed by atoms with Gasteiger partial charge in [0, 0.05) is 25.8 Å². The maximum absolute atomic E-state index is 5.83. The zero-order chi connectivity index (χ0) is 14.7. The highest BCUT2D eigenvalue weighted by Crippen LogP contribution is 2.33. The van der Waals surface area contributed by atoms with Crippen LogP contribution in [-0.2, 0) is 7.05 Å². The molecule has 112 valence electrons. The van der Waals surface area contributed by atoms with Crippen molar-refractivity contribution in [1.29, 1.82) is 0 Å². The zero-order valence-electron chi connectivity index (χ0n) is 13.0. The molecular formula is C16H28N4. The Morgan fingerprint density at radius 1 is 1.55 bits per heavy atom. The molecule has 2 atom stereocenters. The van der Waals surface area contributed by atoms with Crippen LogP contribution in [0.2, 0.25) is 0 Å². The van der Waals surface area contributed by atoms with Crippen molar-refractivity contribution in [2.45, 2.75) is 39.2 Å². The molecule has 0 aromatic carbocycles. The van der Waals surface area contributed by atoms with E-state index < -0.39 is 0 Å². The van der Waals surface area contributed by atoms with Gasteiger partial charge < -0.3 is 15.2 Å². The van der Waals surface area contributed by atoms with Crippen LogP contribution in [0.3, 0.4) is 0 Å². The van der Waals surface area contributed by atoms with Crippen LogP contribution in [0.15, 0.2) is 19.1 Å². The van der Waals surface area contributed by atoms with Crippen LogP contribution in [0.4, 0.5) is 0 Å². The lowest BCUT2D eigenvalue weighted by molar-refractivity contribution is 0.262. The van der Waals surface area contributed by atoms with Crippen molar-refractivity contribution >= 4 is 5.70 Å². The third-order valence-electron chi connectivity index (χ3n) is 4.20. The number of nitrogens with two attached hydrogens (primary N) is 1. The van der Waals surface area contributed by atoms with Crippen molar-refractivity contribution < 1.29 is 0 Å². The van der Waals surface area contributed by atoms with E-state index in [4.69, 9.17) is 5.73 Å². The van der Waals surface area contributed by atoms with Crippen LogP contribution < -0.4 is 5.73 Å². The molecule has 1 aromatic rings. The number of nitrogens with zero attached hydrogens (tertiary/aromatic N) is 3. The first-order chi connectivity index (χ1) is 9.51. The van der Waals surface area contributed by atoms with Gasteiger partial charge in [-0.05, 0) is 37.6 Å². The van der Waals surface area contributed by atoms with E-state index in [2.05, 4.69) is 30.3 Å². The first-order valence-electron chi connectivity index (χ1n) is 7.65. The van der Waals surface area contributed by atoms with Gasteiger partial charge in [-0.2, -0.15) is 0 Å². The number of hydrogen-bond donors (Lipinski definition) is 1. The van der Waals surface area contributed by atoms with Gasteiger partial charge in [0.25, 0.3) is 0 Å². The number of hydrogen-bond acceptors (Lipinski definition) is 3. The lowest BCUT2D eigenvalue weighted by atomic mass is 10.1. The molecule has 2 unspecified atom stereocenters. The van der Waals surface area contributed by atoms with Gasteiger partial charge in [-0.25, -0.2) is 4.98 Å². The number of rotatable bonds is 6. The molecule has 0 radical (unpaired) electrons.